The van der Waals surface area contributed by atoms with E-state index in [0.29, 0.717) is 19.6 Å². The van der Waals surface area contributed by atoms with Crippen LogP contribution in [0.3, 0.4) is 0 Å². The van der Waals surface area contributed by atoms with Crippen LogP contribution in [-0.2, 0) is 18.3 Å². The Morgan fingerprint density at radius 3 is 2.89 bits per heavy atom. The van der Waals surface area contributed by atoms with Crippen molar-refractivity contribution in [3.05, 3.63) is 48.0 Å². The van der Waals surface area contributed by atoms with E-state index in [1.54, 1.807) is 27.9 Å². The molecule has 1 aromatic heterocycles. The molecule has 0 unspecified atom stereocenters. The van der Waals surface area contributed by atoms with E-state index in [2.05, 4.69) is 15.4 Å². The van der Waals surface area contributed by atoms with E-state index in [1.165, 1.54) is 6.07 Å². The molecule has 1 aliphatic rings. The van der Waals surface area contributed by atoms with Gasteiger partial charge in [0.2, 0.25) is 5.91 Å². The zero-order chi connectivity index (χ0) is 19.9. The van der Waals surface area contributed by atoms with Crippen LogP contribution in [0, 0.1) is 5.82 Å². The smallest absolute Gasteiger partial charge is 0.246 e. The second-order valence-electron chi connectivity index (χ2n) is 6.81. The van der Waals surface area contributed by atoms with Crippen molar-refractivity contribution < 1.29 is 9.18 Å². The predicted molar refractivity (Wildman–Crippen MR) is 108 cm³/mol. The lowest BCUT2D eigenvalue weighted by Gasteiger charge is -2.35. The predicted octanol–water partition coefficient (Wildman–Crippen LogP) is 1.81. The van der Waals surface area contributed by atoms with Gasteiger partial charge < -0.3 is 15.1 Å². The largest absolute Gasteiger partial charge is 0.357 e. The summed E-state index contributed by atoms with van der Waals surface area (Å²) in [4.78, 5) is 21.0. The molecule has 2 heterocycles. The molecule has 0 bridgehead atoms. The summed E-state index contributed by atoms with van der Waals surface area (Å²) < 4.78 is 14.9. The third-order valence-corrected chi connectivity index (χ3v) is 4.63. The highest BCUT2D eigenvalue weighted by Crippen LogP contribution is 2.16. The van der Waals surface area contributed by atoms with E-state index in [0.717, 1.165) is 36.6 Å². The molecule has 1 fully saturated rings. The Morgan fingerprint density at radius 2 is 2.21 bits per heavy atom. The minimum Gasteiger partial charge on any atom is -0.357 e. The van der Waals surface area contributed by atoms with Crippen molar-refractivity contribution in [3.8, 4) is 0 Å². The average Bonchev–Trinajstić information content (AvgIpc) is 3.10. The molecule has 150 valence electrons. The van der Waals surface area contributed by atoms with Gasteiger partial charge in [0.15, 0.2) is 5.96 Å². The van der Waals surface area contributed by atoms with Crippen molar-refractivity contribution in [2.45, 2.75) is 19.8 Å². The molecule has 8 heteroatoms. The SMILES string of the molecule is CCNC(=NCCCc1cccc(F)c1)N1CCN(c2cnn(C)c2)C(=O)C1. The van der Waals surface area contributed by atoms with Gasteiger partial charge in [-0.15, -0.1) is 0 Å². The first kappa shape index (κ1) is 19.9. The van der Waals surface area contributed by atoms with Gasteiger partial charge in [0.1, 0.15) is 12.4 Å². The van der Waals surface area contributed by atoms with Crippen LogP contribution in [0.25, 0.3) is 0 Å². The molecule has 1 N–H and O–H groups in total. The number of anilines is 1. The fraction of sp³-hybridized carbons (Fsp3) is 0.450. The molecule has 0 spiro atoms. The molecule has 0 saturated carbocycles. The summed E-state index contributed by atoms with van der Waals surface area (Å²) in [5, 5.41) is 7.41. The van der Waals surface area contributed by atoms with Crippen LogP contribution < -0.4 is 10.2 Å². The number of nitrogens with one attached hydrogen (secondary N) is 1. The number of benzene rings is 1. The maximum absolute atomic E-state index is 13.3. The summed E-state index contributed by atoms with van der Waals surface area (Å²) in [6, 6.07) is 6.66. The van der Waals surface area contributed by atoms with Crippen molar-refractivity contribution >= 4 is 17.6 Å². The molecule has 1 aliphatic heterocycles. The fourth-order valence-electron chi connectivity index (χ4n) is 3.26. The molecule has 28 heavy (non-hydrogen) atoms. The normalized spacial score (nSPS) is 15.2. The molecule has 2 aromatic rings. The third-order valence-electron chi connectivity index (χ3n) is 4.63. The maximum Gasteiger partial charge on any atom is 0.246 e. The Bertz CT molecular complexity index is 834. The van der Waals surface area contributed by atoms with Crippen LogP contribution in [0.15, 0.2) is 41.7 Å². The summed E-state index contributed by atoms with van der Waals surface area (Å²) in [7, 11) is 1.84. The number of amides is 1. The highest BCUT2D eigenvalue weighted by Gasteiger charge is 2.27. The van der Waals surface area contributed by atoms with Gasteiger partial charge in [0.05, 0.1) is 11.9 Å². The minimum atomic E-state index is -0.209. The fourth-order valence-corrected chi connectivity index (χ4v) is 3.26. The molecule has 1 saturated heterocycles. The van der Waals surface area contributed by atoms with Crippen molar-refractivity contribution in [2.24, 2.45) is 12.0 Å². The van der Waals surface area contributed by atoms with Gasteiger partial charge in [-0.05, 0) is 37.5 Å². The molecular weight excluding hydrogens is 359 g/mol. The van der Waals surface area contributed by atoms with Gasteiger partial charge in [0, 0.05) is 39.4 Å². The lowest BCUT2D eigenvalue weighted by molar-refractivity contribution is -0.120. The number of aromatic nitrogens is 2. The quantitative estimate of drug-likeness (QED) is 0.467. The lowest BCUT2D eigenvalue weighted by atomic mass is 10.1. The second-order valence-corrected chi connectivity index (χ2v) is 6.81. The van der Waals surface area contributed by atoms with Gasteiger partial charge in [-0.3, -0.25) is 14.5 Å². The van der Waals surface area contributed by atoms with E-state index >= 15 is 0 Å². The summed E-state index contributed by atoms with van der Waals surface area (Å²) >= 11 is 0. The number of hydrogen-bond donors (Lipinski definition) is 1. The summed E-state index contributed by atoms with van der Waals surface area (Å²) in [5.41, 5.74) is 1.80. The van der Waals surface area contributed by atoms with Crippen molar-refractivity contribution in [1.29, 1.82) is 0 Å². The summed E-state index contributed by atoms with van der Waals surface area (Å²) in [6.45, 7) is 4.95. The molecule has 3 rings (SSSR count). The zero-order valence-electron chi connectivity index (χ0n) is 16.4. The number of nitrogens with zero attached hydrogens (tertiary/aromatic N) is 5. The lowest BCUT2D eigenvalue weighted by Crippen LogP contribution is -2.55. The summed E-state index contributed by atoms with van der Waals surface area (Å²) in [5.74, 6) is 0.574. The van der Waals surface area contributed by atoms with E-state index < -0.39 is 0 Å². The van der Waals surface area contributed by atoms with Crippen LogP contribution in [0.4, 0.5) is 10.1 Å². The maximum atomic E-state index is 13.3. The molecule has 0 radical (unpaired) electrons. The number of carbonyl (C=O) groups excluding carboxylic acids is 1. The Hall–Kier alpha value is -2.90. The number of piperazine rings is 1. The molecule has 0 atom stereocenters. The first-order chi connectivity index (χ1) is 13.6. The van der Waals surface area contributed by atoms with Gasteiger partial charge in [-0.2, -0.15) is 5.10 Å². The monoisotopic (exact) mass is 386 g/mol. The number of carbonyl (C=O) groups is 1. The van der Waals surface area contributed by atoms with E-state index in [9.17, 15) is 9.18 Å². The Balaban J connectivity index is 1.56. The zero-order valence-corrected chi connectivity index (χ0v) is 16.4. The van der Waals surface area contributed by atoms with Crippen molar-refractivity contribution in [2.75, 3.05) is 37.6 Å². The Kier molecular flexibility index (Phi) is 6.62. The topological polar surface area (TPSA) is 65.8 Å². The molecule has 0 aliphatic carbocycles. The Morgan fingerprint density at radius 1 is 1.36 bits per heavy atom. The van der Waals surface area contributed by atoms with Gasteiger partial charge in [-0.25, -0.2) is 4.39 Å². The van der Waals surface area contributed by atoms with Gasteiger partial charge in [0.25, 0.3) is 0 Å². The summed E-state index contributed by atoms with van der Waals surface area (Å²) in [6.07, 6.45) is 5.15. The Labute approximate surface area is 164 Å². The third kappa shape index (κ3) is 5.09. The van der Waals surface area contributed by atoms with Crippen LogP contribution in [0.2, 0.25) is 0 Å². The highest BCUT2D eigenvalue weighted by molar-refractivity contribution is 5.98. The number of guanidine groups is 1. The first-order valence-corrected chi connectivity index (χ1v) is 9.63. The first-order valence-electron chi connectivity index (χ1n) is 9.63. The average molecular weight is 386 g/mol. The molecular formula is C20H27FN6O. The van der Waals surface area contributed by atoms with Gasteiger partial charge >= 0.3 is 0 Å². The number of halogens is 1. The number of hydrogen-bond acceptors (Lipinski definition) is 3. The molecule has 1 amide bonds. The van der Waals surface area contributed by atoms with Crippen LogP contribution >= 0.6 is 0 Å². The second kappa shape index (κ2) is 9.34. The van der Waals surface area contributed by atoms with Crippen LogP contribution in [0.1, 0.15) is 18.9 Å². The molecule has 7 nitrogen and oxygen atoms in total. The van der Waals surface area contributed by atoms with E-state index in [4.69, 9.17) is 0 Å². The minimum absolute atomic E-state index is 0.0320. The van der Waals surface area contributed by atoms with Crippen molar-refractivity contribution in [3.63, 3.8) is 0 Å². The van der Waals surface area contributed by atoms with E-state index in [1.807, 2.05) is 31.1 Å². The van der Waals surface area contributed by atoms with Gasteiger partial charge in [-0.1, -0.05) is 12.1 Å². The number of aryl methyl sites for hydroxylation is 2. The number of aliphatic imine (C=N–C) groups is 1. The van der Waals surface area contributed by atoms with Crippen molar-refractivity contribution in [1.82, 2.24) is 20.0 Å². The number of rotatable bonds is 6. The van der Waals surface area contributed by atoms with Crippen LogP contribution in [0.5, 0.6) is 0 Å². The van der Waals surface area contributed by atoms with E-state index in [-0.39, 0.29) is 18.3 Å². The standard InChI is InChI=1S/C20H27FN6O/c1-3-22-20(23-9-5-7-16-6-4-8-17(21)12-16)26-10-11-27(19(28)15-26)18-13-24-25(2)14-18/h4,6,8,12-14H,3,5,7,9-11,15H2,1-2H3,(H,22,23). The van der Waals surface area contributed by atoms with Crippen LogP contribution in [-0.4, -0.2) is 59.3 Å². The highest BCUT2D eigenvalue weighted by atomic mass is 19.1. The molecule has 1 aromatic carbocycles.